The van der Waals surface area contributed by atoms with Crippen molar-refractivity contribution in [2.75, 3.05) is 13.7 Å². The Bertz CT molecular complexity index is 198. The van der Waals surface area contributed by atoms with E-state index in [2.05, 4.69) is 5.92 Å². The van der Waals surface area contributed by atoms with Gasteiger partial charge in [0.1, 0.15) is 18.8 Å². The number of terminal acetylenes is 1. The minimum atomic E-state index is -0.682. The molecule has 0 amide bonds. The molecule has 0 spiro atoms. The van der Waals surface area contributed by atoms with Crippen molar-refractivity contribution in [3.05, 3.63) is 0 Å². The predicted molar refractivity (Wildman–Crippen MR) is 45.9 cm³/mol. The molecule has 0 aromatic rings. The Morgan fingerprint density at radius 1 is 1.62 bits per heavy atom. The van der Waals surface area contributed by atoms with Crippen molar-refractivity contribution < 1.29 is 19.3 Å². The molecule has 1 N–H and O–H groups in total. The molecule has 0 unspecified atom stereocenters. The summed E-state index contributed by atoms with van der Waals surface area (Å²) in [5.41, 5.74) is 0. The number of aliphatic hydroxyl groups is 1. The van der Waals surface area contributed by atoms with Gasteiger partial charge in [-0.1, -0.05) is 5.92 Å². The third-order valence-corrected chi connectivity index (χ3v) is 2.03. The molecular weight excluding hydrogens is 172 g/mol. The third-order valence-electron chi connectivity index (χ3n) is 2.03. The first-order chi connectivity index (χ1) is 6.20. The molecule has 0 bridgehead atoms. The van der Waals surface area contributed by atoms with Crippen LogP contribution < -0.4 is 0 Å². The van der Waals surface area contributed by atoms with Gasteiger partial charge in [-0.25, -0.2) is 0 Å². The van der Waals surface area contributed by atoms with Crippen LogP contribution in [0.15, 0.2) is 0 Å². The van der Waals surface area contributed by atoms with Crippen LogP contribution in [-0.2, 0) is 14.2 Å². The quantitative estimate of drug-likeness (QED) is 0.618. The molecule has 4 atom stereocenters. The zero-order valence-electron chi connectivity index (χ0n) is 7.77. The van der Waals surface area contributed by atoms with E-state index >= 15 is 0 Å². The second-order valence-corrected chi connectivity index (χ2v) is 2.92. The summed E-state index contributed by atoms with van der Waals surface area (Å²) in [4.78, 5) is 0. The number of hydrogen-bond acceptors (Lipinski definition) is 4. The lowest BCUT2D eigenvalue weighted by molar-refractivity contribution is -0.157. The molecule has 4 nitrogen and oxygen atoms in total. The smallest absolute Gasteiger partial charge is 0.186 e. The number of hydrogen-bond donors (Lipinski definition) is 1. The average Bonchev–Trinajstić information content (AvgIpc) is 2.40. The maximum absolute atomic E-state index is 9.59. The summed E-state index contributed by atoms with van der Waals surface area (Å²) in [5.74, 6) is 2.33. The normalized spacial score (nSPS) is 38.9. The molecule has 13 heavy (non-hydrogen) atoms. The van der Waals surface area contributed by atoms with Crippen LogP contribution in [-0.4, -0.2) is 43.4 Å². The van der Waals surface area contributed by atoms with E-state index in [1.807, 2.05) is 0 Å². The highest BCUT2D eigenvalue weighted by molar-refractivity contribution is 4.89. The highest BCUT2D eigenvalue weighted by Crippen LogP contribution is 2.23. The number of ether oxygens (including phenoxy) is 3. The van der Waals surface area contributed by atoms with Crippen molar-refractivity contribution in [2.45, 2.75) is 31.5 Å². The SMILES string of the molecule is C#CCO[C@H]1[C@@H](OC)O[C@@H](C)[C@@H]1O. The first-order valence-corrected chi connectivity index (χ1v) is 4.12. The Kier molecular flexibility index (Phi) is 3.70. The van der Waals surface area contributed by atoms with Crippen LogP contribution in [0.2, 0.25) is 0 Å². The molecule has 1 aliphatic heterocycles. The first-order valence-electron chi connectivity index (χ1n) is 4.12. The topological polar surface area (TPSA) is 47.9 Å². The average molecular weight is 186 g/mol. The van der Waals surface area contributed by atoms with Crippen molar-refractivity contribution in [1.82, 2.24) is 0 Å². The van der Waals surface area contributed by atoms with Crippen LogP contribution in [0.25, 0.3) is 0 Å². The largest absolute Gasteiger partial charge is 0.387 e. The fraction of sp³-hybridized carbons (Fsp3) is 0.778. The summed E-state index contributed by atoms with van der Waals surface area (Å²) >= 11 is 0. The summed E-state index contributed by atoms with van der Waals surface area (Å²) in [6.07, 6.45) is 3.05. The van der Waals surface area contributed by atoms with Gasteiger partial charge in [0.05, 0.1) is 6.10 Å². The highest BCUT2D eigenvalue weighted by Gasteiger charge is 2.42. The molecular formula is C9H14O4. The molecule has 0 aliphatic carbocycles. The number of rotatable bonds is 3. The molecule has 4 heteroatoms. The van der Waals surface area contributed by atoms with Gasteiger partial charge in [-0.05, 0) is 6.92 Å². The van der Waals surface area contributed by atoms with Gasteiger partial charge in [-0.3, -0.25) is 0 Å². The summed E-state index contributed by atoms with van der Waals surface area (Å²) in [5, 5.41) is 9.59. The summed E-state index contributed by atoms with van der Waals surface area (Å²) in [7, 11) is 1.50. The van der Waals surface area contributed by atoms with Crippen molar-refractivity contribution in [2.24, 2.45) is 0 Å². The highest BCUT2D eigenvalue weighted by atomic mass is 16.7. The van der Waals surface area contributed by atoms with Crippen LogP contribution in [0.3, 0.4) is 0 Å². The summed E-state index contributed by atoms with van der Waals surface area (Å²) < 4.78 is 15.5. The Hall–Kier alpha value is -0.600. The Balaban J connectivity index is 2.53. The molecule has 0 aromatic heterocycles. The van der Waals surface area contributed by atoms with Gasteiger partial charge >= 0.3 is 0 Å². The molecule has 0 aromatic carbocycles. The van der Waals surface area contributed by atoms with E-state index in [0.29, 0.717) is 0 Å². The Labute approximate surface area is 77.8 Å². The summed E-state index contributed by atoms with van der Waals surface area (Å²) in [6.45, 7) is 1.91. The van der Waals surface area contributed by atoms with Crippen LogP contribution in [0.4, 0.5) is 0 Å². The molecule has 1 fully saturated rings. The van der Waals surface area contributed by atoms with Crippen molar-refractivity contribution >= 4 is 0 Å². The minimum absolute atomic E-state index is 0.150. The fourth-order valence-corrected chi connectivity index (χ4v) is 1.31. The van der Waals surface area contributed by atoms with E-state index in [0.717, 1.165) is 0 Å². The second kappa shape index (κ2) is 4.58. The Morgan fingerprint density at radius 2 is 2.31 bits per heavy atom. The molecule has 0 saturated carbocycles. The van der Waals surface area contributed by atoms with Crippen molar-refractivity contribution in [3.63, 3.8) is 0 Å². The second-order valence-electron chi connectivity index (χ2n) is 2.92. The lowest BCUT2D eigenvalue weighted by atomic mass is 10.1. The zero-order chi connectivity index (χ0) is 9.84. The third kappa shape index (κ3) is 2.20. The zero-order valence-corrected chi connectivity index (χ0v) is 7.77. The lowest BCUT2D eigenvalue weighted by Gasteiger charge is -2.17. The van der Waals surface area contributed by atoms with Gasteiger partial charge in [0.25, 0.3) is 0 Å². The number of aliphatic hydroxyl groups excluding tert-OH is 1. The van der Waals surface area contributed by atoms with E-state index in [-0.39, 0.29) is 12.7 Å². The number of methoxy groups -OCH3 is 1. The van der Waals surface area contributed by atoms with Crippen molar-refractivity contribution in [3.8, 4) is 12.3 Å². The maximum Gasteiger partial charge on any atom is 0.186 e. The van der Waals surface area contributed by atoms with Crippen LogP contribution in [0.5, 0.6) is 0 Å². The standard InChI is InChI=1S/C9H14O4/c1-4-5-12-8-7(10)6(2)13-9(8)11-3/h1,6-10H,5H2,2-3H3/t6-,7-,8+,9-/m0/s1. The predicted octanol–water partition coefficient (Wildman–Crippen LogP) is -0.243. The van der Waals surface area contributed by atoms with E-state index in [4.69, 9.17) is 20.6 Å². The van der Waals surface area contributed by atoms with E-state index in [1.165, 1.54) is 7.11 Å². The summed E-state index contributed by atoms with van der Waals surface area (Å²) in [6, 6.07) is 0. The molecule has 74 valence electrons. The lowest BCUT2D eigenvalue weighted by Crippen LogP contribution is -2.35. The van der Waals surface area contributed by atoms with Crippen LogP contribution >= 0.6 is 0 Å². The van der Waals surface area contributed by atoms with Crippen molar-refractivity contribution in [1.29, 1.82) is 0 Å². The monoisotopic (exact) mass is 186 g/mol. The van der Waals surface area contributed by atoms with Gasteiger partial charge in [-0.15, -0.1) is 6.42 Å². The van der Waals surface area contributed by atoms with E-state index in [9.17, 15) is 5.11 Å². The Morgan fingerprint density at radius 3 is 2.85 bits per heavy atom. The van der Waals surface area contributed by atoms with Crippen LogP contribution in [0.1, 0.15) is 6.92 Å². The molecule has 1 aliphatic rings. The van der Waals surface area contributed by atoms with Gasteiger partial charge in [0, 0.05) is 7.11 Å². The first kappa shape index (κ1) is 10.5. The molecule has 0 radical (unpaired) electrons. The van der Waals surface area contributed by atoms with Crippen LogP contribution in [0, 0.1) is 12.3 Å². The molecule has 1 rings (SSSR count). The van der Waals surface area contributed by atoms with Gasteiger partial charge < -0.3 is 19.3 Å². The fourth-order valence-electron chi connectivity index (χ4n) is 1.31. The maximum atomic E-state index is 9.59. The van der Waals surface area contributed by atoms with Gasteiger partial charge in [-0.2, -0.15) is 0 Å². The molecule has 1 saturated heterocycles. The molecule has 1 heterocycles. The van der Waals surface area contributed by atoms with Gasteiger partial charge in [0.2, 0.25) is 0 Å². The minimum Gasteiger partial charge on any atom is -0.387 e. The van der Waals surface area contributed by atoms with E-state index < -0.39 is 18.5 Å². The van der Waals surface area contributed by atoms with E-state index in [1.54, 1.807) is 6.92 Å². The van der Waals surface area contributed by atoms with Gasteiger partial charge in [0.15, 0.2) is 6.29 Å².